The molecule has 1 heterocycles. The minimum atomic E-state index is -0.193. The Morgan fingerprint density at radius 3 is 2.94 bits per heavy atom. The molecule has 4 nitrogen and oxygen atoms in total. The first-order chi connectivity index (χ1) is 7.56. The van der Waals surface area contributed by atoms with E-state index in [4.69, 9.17) is 10.5 Å². The van der Waals surface area contributed by atoms with Crippen molar-refractivity contribution < 1.29 is 9.53 Å². The summed E-state index contributed by atoms with van der Waals surface area (Å²) in [5.41, 5.74) is 5.65. The molecule has 3 N–H and O–H groups in total. The predicted molar refractivity (Wildman–Crippen MR) is 64.1 cm³/mol. The van der Waals surface area contributed by atoms with E-state index in [9.17, 15) is 4.79 Å². The number of nitrogens with one attached hydrogen (secondary N) is 1. The van der Waals surface area contributed by atoms with Gasteiger partial charge in [-0.15, -0.1) is 0 Å². The molecular weight excluding hydrogens is 204 g/mol. The highest BCUT2D eigenvalue weighted by Gasteiger charge is 2.29. The Morgan fingerprint density at radius 2 is 2.38 bits per heavy atom. The number of hydrogen-bond acceptors (Lipinski definition) is 3. The topological polar surface area (TPSA) is 64.4 Å². The van der Waals surface area contributed by atoms with Crippen LogP contribution in [0.4, 0.5) is 0 Å². The largest absolute Gasteiger partial charge is 0.379 e. The third-order valence-corrected chi connectivity index (χ3v) is 2.99. The summed E-state index contributed by atoms with van der Waals surface area (Å²) in [6.45, 7) is 5.53. The average molecular weight is 228 g/mol. The molecule has 2 atom stereocenters. The summed E-state index contributed by atoms with van der Waals surface area (Å²) >= 11 is 0. The van der Waals surface area contributed by atoms with E-state index in [-0.39, 0.29) is 17.5 Å². The standard InChI is InChI=1S/C12H24N2O2/c1-3-5-10(13)8-11(15)14-12(2)6-4-7-16-9-12/h10H,3-9,13H2,1-2H3,(H,14,15). The van der Waals surface area contributed by atoms with Gasteiger partial charge in [0.1, 0.15) is 0 Å². The van der Waals surface area contributed by atoms with Crippen LogP contribution in [-0.2, 0) is 9.53 Å². The highest BCUT2D eigenvalue weighted by Crippen LogP contribution is 2.18. The molecule has 2 unspecified atom stereocenters. The Balaban J connectivity index is 2.32. The van der Waals surface area contributed by atoms with Gasteiger partial charge in [0, 0.05) is 19.1 Å². The van der Waals surface area contributed by atoms with E-state index in [1.165, 1.54) is 0 Å². The van der Waals surface area contributed by atoms with E-state index in [2.05, 4.69) is 12.2 Å². The SMILES string of the molecule is CCCC(N)CC(=O)NC1(C)CCCOC1. The molecule has 1 aliphatic rings. The van der Waals surface area contributed by atoms with Crippen LogP contribution in [0.15, 0.2) is 0 Å². The van der Waals surface area contributed by atoms with E-state index in [1.807, 2.05) is 6.92 Å². The molecule has 0 aromatic heterocycles. The molecule has 1 aliphatic heterocycles. The van der Waals surface area contributed by atoms with Gasteiger partial charge >= 0.3 is 0 Å². The molecule has 1 fully saturated rings. The number of hydrogen-bond donors (Lipinski definition) is 2. The van der Waals surface area contributed by atoms with Crippen molar-refractivity contribution in [2.45, 2.75) is 57.5 Å². The third kappa shape index (κ3) is 4.49. The normalized spacial score (nSPS) is 27.4. The predicted octanol–water partition coefficient (Wildman–Crippen LogP) is 1.19. The Kier molecular flexibility index (Phi) is 5.22. The zero-order valence-electron chi connectivity index (χ0n) is 10.4. The first-order valence-electron chi connectivity index (χ1n) is 6.20. The lowest BCUT2D eigenvalue weighted by atomic mass is 9.94. The summed E-state index contributed by atoms with van der Waals surface area (Å²) in [5.74, 6) is 0.0500. The van der Waals surface area contributed by atoms with Gasteiger partial charge in [-0.25, -0.2) is 0 Å². The zero-order valence-corrected chi connectivity index (χ0v) is 10.4. The average Bonchev–Trinajstić information content (AvgIpc) is 2.17. The van der Waals surface area contributed by atoms with E-state index >= 15 is 0 Å². The summed E-state index contributed by atoms with van der Waals surface area (Å²) in [4.78, 5) is 11.8. The maximum absolute atomic E-state index is 11.8. The third-order valence-electron chi connectivity index (χ3n) is 2.99. The van der Waals surface area contributed by atoms with Crippen molar-refractivity contribution in [1.29, 1.82) is 0 Å². The minimum absolute atomic E-state index is 0.0156. The fraction of sp³-hybridized carbons (Fsp3) is 0.917. The molecule has 1 saturated heterocycles. The highest BCUT2D eigenvalue weighted by atomic mass is 16.5. The number of carbonyl (C=O) groups is 1. The molecule has 0 bridgehead atoms. The van der Waals surface area contributed by atoms with Crippen LogP contribution in [0.25, 0.3) is 0 Å². The van der Waals surface area contributed by atoms with Crippen molar-refractivity contribution in [3.63, 3.8) is 0 Å². The van der Waals surface area contributed by atoms with Gasteiger partial charge in [-0.05, 0) is 26.2 Å². The number of ether oxygens (including phenoxy) is 1. The lowest BCUT2D eigenvalue weighted by Crippen LogP contribution is -2.52. The van der Waals surface area contributed by atoms with E-state index in [1.54, 1.807) is 0 Å². The summed E-state index contributed by atoms with van der Waals surface area (Å²) in [5, 5.41) is 3.04. The van der Waals surface area contributed by atoms with Gasteiger partial charge < -0.3 is 15.8 Å². The molecule has 0 radical (unpaired) electrons. The van der Waals surface area contributed by atoms with Gasteiger partial charge in [-0.3, -0.25) is 4.79 Å². The quantitative estimate of drug-likeness (QED) is 0.743. The van der Waals surface area contributed by atoms with Crippen LogP contribution in [-0.4, -0.2) is 30.7 Å². The van der Waals surface area contributed by atoms with Crippen molar-refractivity contribution >= 4 is 5.91 Å². The number of nitrogens with two attached hydrogens (primary N) is 1. The maximum Gasteiger partial charge on any atom is 0.222 e. The Hall–Kier alpha value is -0.610. The number of amides is 1. The second kappa shape index (κ2) is 6.21. The van der Waals surface area contributed by atoms with Crippen molar-refractivity contribution in [2.24, 2.45) is 5.73 Å². The molecule has 0 spiro atoms. The van der Waals surface area contributed by atoms with E-state index < -0.39 is 0 Å². The second-order valence-corrected chi connectivity index (χ2v) is 5.02. The fourth-order valence-corrected chi connectivity index (χ4v) is 2.13. The van der Waals surface area contributed by atoms with E-state index in [0.717, 1.165) is 32.3 Å². The molecule has 0 saturated carbocycles. The molecule has 16 heavy (non-hydrogen) atoms. The second-order valence-electron chi connectivity index (χ2n) is 5.02. The molecule has 0 aromatic carbocycles. The van der Waals surface area contributed by atoms with E-state index in [0.29, 0.717) is 13.0 Å². The number of rotatable bonds is 5. The first-order valence-corrected chi connectivity index (χ1v) is 6.20. The Labute approximate surface area is 97.9 Å². The fourth-order valence-electron chi connectivity index (χ4n) is 2.13. The van der Waals surface area contributed by atoms with Crippen molar-refractivity contribution in [3.05, 3.63) is 0 Å². The van der Waals surface area contributed by atoms with Gasteiger partial charge in [0.2, 0.25) is 5.91 Å². The minimum Gasteiger partial charge on any atom is -0.379 e. The Morgan fingerprint density at radius 1 is 1.62 bits per heavy atom. The van der Waals surface area contributed by atoms with Crippen LogP contribution in [0, 0.1) is 0 Å². The van der Waals surface area contributed by atoms with Crippen molar-refractivity contribution in [3.8, 4) is 0 Å². The van der Waals surface area contributed by atoms with Crippen LogP contribution < -0.4 is 11.1 Å². The van der Waals surface area contributed by atoms with Crippen LogP contribution in [0.2, 0.25) is 0 Å². The lowest BCUT2D eigenvalue weighted by Gasteiger charge is -2.34. The van der Waals surface area contributed by atoms with Gasteiger partial charge in [-0.1, -0.05) is 13.3 Å². The van der Waals surface area contributed by atoms with Crippen LogP contribution in [0.3, 0.4) is 0 Å². The molecular formula is C12H24N2O2. The molecule has 1 amide bonds. The summed E-state index contributed by atoms with van der Waals surface area (Å²) in [6, 6.07) is -0.0156. The van der Waals surface area contributed by atoms with Gasteiger partial charge in [0.05, 0.1) is 12.1 Å². The van der Waals surface area contributed by atoms with Crippen LogP contribution >= 0.6 is 0 Å². The van der Waals surface area contributed by atoms with Gasteiger partial charge in [-0.2, -0.15) is 0 Å². The Bertz CT molecular complexity index is 225. The summed E-state index contributed by atoms with van der Waals surface area (Å²) in [6.07, 6.45) is 4.35. The summed E-state index contributed by atoms with van der Waals surface area (Å²) < 4.78 is 5.39. The smallest absolute Gasteiger partial charge is 0.222 e. The molecule has 1 rings (SSSR count). The first kappa shape index (κ1) is 13.5. The zero-order chi connectivity index (χ0) is 12.0. The monoisotopic (exact) mass is 228 g/mol. The van der Waals surface area contributed by atoms with Gasteiger partial charge in [0.25, 0.3) is 0 Å². The molecule has 94 valence electrons. The molecule has 4 heteroatoms. The van der Waals surface area contributed by atoms with Crippen LogP contribution in [0.5, 0.6) is 0 Å². The van der Waals surface area contributed by atoms with Crippen molar-refractivity contribution in [2.75, 3.05) is 13.2 Å². The lowest BCUT2D eigenvalue weighted by molar-refractivity contribution is -0.125. The summed E-state index contributed by atoms with van der Waals surface area (Å²) in [7, 11) is 0. The van der Waals surface area contributed by atoms with Crippen LogP contribution in [0.1, 0.15) is 46.0 Å². The van der Waals surface area contributed by atoms with Gasteiger partial charge in [0.15, 0.2) is 0 Å². The molecule has 0 aromatic rings. The maximum atomic E-state index is 11.8. The highest BCUT2D eigenvalue weighted by molar-refractivity contribution is 5.77. The molecule has 0 aliphatic carbocycles. The van der Waals surface area contributed by atoms with Crippen molar-refractivity contribution in [1.82, 2.24) is 5.32 Å². The number of carbonyl (C=O) groups excluding carboxylic acids is 1.